The summed E-state index contributed by atoms with van der Waals surface area (Å²) in [6.45, 7) is 0.408. The Morgan fingerprint density at radius 1 is 1.29 bits per heavy atom. The van der Waals surface area contributed by atoms with Crippen LogP contribution in [0, 0.1) is 0 Å². The molecular formula is C8H17N3O4S2. The van der Waals surface area contributed by atoms with E-state index in [-0.39, 0.29) is 31.2 Å². The van der Waals surface area contributed by atoms with Crippen molar-refractivity contribution < 1.29 is 18.0 Å². The number of amides is 2. The van der Waals surface area contributed by atoms with Crippen LogP contribution in [0.15, 0.2) is 0 Å². The van der Waals surface area contributed by atoms with Gasteiger partial charge in [0.25, 0.3) is 0 Å². The third-order valence-corrected chi connectivity index (χ3v) is 3.24. The Labute approximate surface area is 105 Å². The monoisotopic (exact) mass is 283 g/mol. The second-order valence-electron chi connectivity index (χ2n) is 3.29. The number of carbonyl (C=O) groups excluding carboxylic acids is 2. The summed E-state index contributed by atoms with van der Waals surface area (Å²) in [5.41, 5.74) is 4.92. The zero-order valence-corrected chi connectivity index (χ0v) is 11.2. The van der Waals surface area contributed by atoms with Gasteiger partial charge in [0.1, 0.15) is 0 Å². The highest BCUT2D eigenvalue weighted by Crippen LogP contribution is 2.00. The number of nitrogens with one attached hydrogen (secondary N) is 2. The predicted molar refractivity (Wildman–Crippen MR) is 67.0 cm³/mol. The maximum absolute atomic E-state index is 11.2. The molecule has 0 fully saturated rings. The molecule has 9 heteroatoms. The van der Waals surface area contributed by atoms with Gasteiger partial charge in [-0.1, -0.05) is 0 Å². The number of rotatable bonds is 9. The van der Waals surface area contributed by atoms with E-state index in [0.717, 1.165) is 6.26 Å². The van der Waals surface area contributed by atoms with Gasteiger partial charge in [0.15, 0.2) is 0 Å². The lowest BCUT2D eigenvalue weighted by Crippen LogP contribution is -2.34. The van der Waals surface area contributed by atoms with E-state index in [9.17, 15) is 18.0 Å². The third kappa shape index (κ3) is 13.1. The summed E-state index contributed by atoms with van der Waals surface area (Å²) < 4.78 is 23.6. The second kappa shape index (κ2) is 8.31. The molecule has 0 aliphatic rings. The minimum atomic E-state index is -3.21. The van der Waals surface area contributed by atoms with Crippen molar-refractivity contribution in [3.8, 4) is 0 Å². The van der Waals surface area contributed by atoms with E-state index in [2.05, 4.69) is 10.0 Å². The molecule has 0 bridgehead atoms. The molecule has 0 saturated heterocycles. The van der Waals surface area contributed by atoms with Gasteiger partial charge in [-0.3, -0.25) is 9.59 Å². The fourth-order valence-corrected chi connectivity index (χ4v) is 2.01. The van der Waals surface area contributed by atoms with E-state index >= 15 is 0 Å². The van der Waals surface area contributed by atoms with Crippen LogP contribution in [-0.2, 0) is 19.6 Å². The number of hydrogen-bond acceptors (Lipinski definition) is 5. The predicted octanol–water partition coefficient (Wildman–Crippen LogP) is -1.74. The molecular weight excluding hydrogens is 266 g/mol. The molecule has 0 atom stereocenters. The molecule has 0 radical (unpaired) electrons. The van der Waals surface area contributed by atoms with E-state index < -0.39 is 15.9 Å². The highest BCUT2D eigenvalue weighted by molar-refractivity contribution is 7.99. The molecule has 0 aliphatic heterocycles. The molecule has 0 unspecified atom stereocenters. The number of carbonyl (C=O) groups is 2. The Bertz CT molecular complexity index is 356. The van der Waals surface area contributed by atoms with Gasteiger partial charge in [-0.2, -0.15) is 11.8 Å². The maximum atomic E-state index is 11.2. The molecule has 0 heterocycles. The molecule has 100 valence electrons. The SMILES string of the molecule is CS(=O)(=O)NCCNC(=O)CCSCC(N)=O. The lowest BCUT2D eigenvalue weighted by Gasteiger charge is -2.05. The first-order valence-electron chi connectivity index (χ1n) is 4.88. The fraction of sp³-hybridized carbons (Fsp3) is 0.750. The van der Waals surface area contributed by atoms with Crippen LogP contribution in [0.2, 0.25) is 0 Å². The molecule has 17 heavy (non-hydrogen) atoms. The van der Waals surface area contributed by atoms with Gasteiger partial charge in [0, 0.05) is 25.3 Å². The molecule has 0 aromatic rings. The van der Waals surface area contributed by atoms with Gasteiger partial charge in [-0.25, -0.2) is 13.1 Å². The van der Waals surface area contributed by atoms with Crippen LogP contribution in [-0.4, -0.2) is 51.1 Å². The van der Waals surface area contributed by atoms with Gasteiger partial charge < -0.3 is 11.1 Å². The average molecular weight is 283 g/mol. The van der Waals surface area contributed by atoms with Gasteiger partial charge in [-0.15, -0.1) is 0 Å². The molecule has 0 aromatic heterocycles. The van der Waals surface area contributed by atoms with Crippen molar-refractivity contribution in [2.24, 2.45) is 5.73 Å². The summed E-state index contributed by atoms with van der Waals surface area (Å²) in [5.74, 6) is 0.113. The van der Waals surface area contributed by atoms with Crippen molar-refractivity contribution in [2.75, 3.05) is 30.9 Å². The topological polar surface area (TPSA) is 118 Å². The van der Waals surface area contributed by atoms with Crippen LogP contribution >= 0.6 is 11.8 Å². The first-order valence-corrected chi connectivity index (χ1v) is 7.93. The molecule has 0 aromatic carbocycles. The molecule has 2 amide bonds. The van der Waals surface area contributed by atoms with Gasteiger partial charge in [-0.05, 0) is 0 Å². The van der Waals surface area contributed by atoms with E-state index in [1.54, 1.807) is 0 Å². The molecule has 0 saturated carbocycles. The zero-order valence-electron chi connectivity index (χ0n) is 9.56. The van der Waals surface area contributed by atoms with Crippen molar-refractivity contribution >= 4 is 33.6 Å². The zero-order chi connectivity index (χ0) is 13.3. The van der Waals surface area contributed by atoms with Crippen LogP contribution in [0.5, 0.6) is 0 Å². The summed E-state index contributed by atoms with van der Waals surface area (Å²) in [4.78, 5) is 21.6. The summed E-state index contributed by atoms with van der Waals surface area (Å²) in [6, 6.07) is 0. The number of primary amides is 1. The standard InChI is InChI=1S/C8H17N3O4S2/c1-17(14,15)11-4-3-10-8(13)2-5-16-6-7(9)12/h11H,2-6H2,1H3,(H2,9,12)(H,10,13). The van der Waals surface area contributed by atoms with E-state index in [1.165, 1.54) is 11.8 Å². The average Bonchev–Trinajstić information content (AvgIpc) is 2.18. The number of thioether (sulfide) groups is 1. The minimum Gasteiger partial charge on any atom is -0.369 e. The maximum Gasteiger partial charge on any atom is 0.227 e. The molecule has 7 nitrogen and oxygen atoms in total. The van der Waals surface area contributed by atoms with Crippen molar-refractivity contribution in [3.63, 3.8) is 0 Å². The third-order valence-electron chi connectivity index (χ3n) is 1.53. The van der Waals surface area contributed by atoms with Crippen molar-refractivity contribution in [1.82, 2.24) is 10.0 Å². The largest absolute Gasteiger partial charge is 0.369 e. The first-order chi connectivity index (χ1) is 7.81. The molecule has 4 N–H and O–H groups in total. The summed E-state index contributed by atoms with van der Waals surface area (Å²) >= 11 is 1.29. The minimum absolute atomic E-state index is 0.166. The number of nitrogens with two attached hydrogens (primary N) is 1. The number of hydrogen-bond donors (Lipinski definition) is 3. The van der Waals surface area contributed by atoms with Crippen molar-refractivity contribution in [3.05, 3.63) is 0 Å². The Hall–Kier alpha value is -0.800. The normalized spacial score (nSPS) is 11.1. The first kappa shape index (κ1) is 16.2. The Balaban J connectivity index is 3.44. The smallest absolute Gasteiger partial charge is 0.227 e. The van der Waals surface area contributed by atoms with E-state index in [1.807, 2.05) is 0 Å². The van der Waals surface area contributed by atoms with Gasteiger partial charge in [0.2, 0.25) is 21.8 Å². The molecule has 0 aliphatic carbocycles. The molecule has 0 rings (SSSR count). The molecule has 0 spiro atoms. The lowest BCUT2D eigenvalue weighted by molar-refractivity contribution is -0.120. The highest BCUT2D eigenvalue weighted by Gasteiger charge is 2.03. The fourth-order valence-electron chi connectivity index (χ4n) is 0.864. The van der Waals surface area contributed by atoms with E-state index in [4.69, 9.17) is 5.73 Å². The van der Waals surface area contributed by atoms with Crippen LogP contribution in [0.25, 0.3) is 0 Å². The van der Waals surface area contributed by atoms with Gasteiger partial charge in [0.05, 0.1) is 12.0 Å². The lowest BCUT2D eigenvalue weighted by atomic mass is 10.4. The van der Waals surface area contributed by atoms with Crippen LogP contribution in [0.1, 0.15) is 6.42 Å². The van der Waals surface area contributed by atoms with Crippen LogP contribution in [0.3, 0.4) is 0 Å². The second-order valence-corrected chi connectivity index (χ2v) is 6.22. The van der Waals surface area contributed by atoms with Crippen LogP contribution < -0.4 is 15.8 Å². The Kier molecular flexibility index (Phi) is 7.92. The summed E-state index contributed by atoms with van der Waals surface area (Å²) in [7, 11) is -3.21. The Morgan fingerprint density at radius 2 is 1.94 bits per heavy atom. The van der Waals surface area contributed by atoms with Crippen molar-refractivity contribution in [2.45, 2.75) is 6.42 Å². The number of sulfonamides is 1. The summed E-state index contributed by atoms with van der Waals surface area (Å²) in [5, 5.41) is 2.55. The van der Waals surface area contributed by atoms with E-state index in [0.29, 0.717) is 5.75 Å². The van der Waals surface area contributed by atoms with Gasteiger partial charge >= 0.3 is 0 Å². The van der Waals surface area contributed by atoms with Crippen LogP contribution in [0.4, 0.5) is 0 Å². The summed E-state index contributed by atoms with van der Waals surface area (Å²) in [6.07, 6.45) is 1.33. The highest BCUT2D eigenvalue weighted by atomic mass is 32.2. The van der Waals surface area contributed by atoms with Crippen molar-refractivity contribution in [1.29, 1.82) is 0 Å². The quantitative estimate of drug-likeness (QED) is 0.434. The Morgan fingerprint density at radius 3 is 2.47 bits per heavy atom.